The SMILES string of the molecule is CC1C(CSc2nc(-c3ccccc3)c(-c3ccccc3)o2)OC(c2cccc(-c3cccc(CNS(=O)(=O)c4ccccc4)c3)c2)OC1c1ccc(CO)cc1. The Labute approximate surface area is 337 Å². The topological polar surface area (TPSA) is 111 Å². The Morgan fingerprint density at radius 1 is 0.667 bits per heavy atom. The molecule has 288 valence electrons. The van der Waals surface area contributed by atoms with Crippen LogP contribution in [-0.2, 0) is 32.6 Å². The van der Waals surface area contributed by atoms with E-state index in [0.717, 1.165) is 56.0 Å². The Hall–Kier alpha value is -5.33. The maximum absolute atomic E-state index is 12.9. The van der Waals surface area contributed by atoms with Gasteiger partial charge in [-0.1, -0.05) is 158 Å². The highest BCUT2D eigenvalue weighted by Gasteiger charge is 2.39. The van der Waals surface area contributed by atoms with E-state index in [1.54, 1.807) is 30.3 Å². The molecular formula is C47H42N2O6S2. The van der Waals surface area contributed by atoms with Gasteiger partial charge in [0.05, 0.1) is 23.7 Å². The quantitative estimate of drug-likeness (QED) is 0.111. The zero-order chi connectivity index (χ0) is 39.2. The van der Waals surface area contributed by atoms with E-state index in [2.05, 4.69) is 17.7 Å². The molecule has 4 atom stereocenters. The lowest BCUT2D eigenvalue weighted by Crippen LogP contribution is -2.38. The minimum absolute atomic E-state index is 0.0364. The van der Waals surface area contributed by atoms with E-state index in [0.29, 0.717) is 11.0 Å². The molecule has 1 aliphatic heterocycles. The second-order valence-corrected chi connectivity index (χ2v) is 16.7. The fourth-order valence-electron chi connectivity index (χ4n) is 6.99. The lowest BCUT2D eigenvalue weighted by atomic mass is 9.91. The summed E-state index contributed by atoms with van der Waals surface area (Å²) in [5.41, 5.74) is 8.13. The van der Waals surface area contributed by atoms with Gasteiger partial charge in [-0.25, -0.2) is 18.1 Å². The molecule has 1 aromatic heterocycles. The molecule has 2 N–H and O–H groups in total. The predicted octanol–water partition coefficient (Wildman–Crippen LogP) is 10.2. The van der Waals surface area contributed by atoms with E-state index in [1.165, 1.54) is 11.8 Å². The van der Waals surface area contributed by atoms with Crippen LogP contribution in [0.3, 0.4) is 0 Å². The summed E-state index contributed by atoms with van der Waals surface area (Å²) >= 11 is 1.52. The van der Waals surface area contributed by atoms with Crippen molar-refractivity contribution in [3.8, 4) is 33.7 Å². The molecule has 57 heavy (non-hydrogen) atoms. The first-order valence-corrected chi connectivity index (χ1v) is 21.3. The number of aromatic nitrogens is 1. The second-order valence-electron chi connectivity index (χ2n) is 14.0. The fourth-order valence-corrected chi connectivity index (χ4v) is 9.02. The molecular weight excluding hydrogens is 753 g/mol. The van der Waals surface area contributed by atoms with Crippen LogP contribution in [0.5, 0.6) is 0 Å². The van der Waals surface area contributed by atoms with Gasteiger partial charge in [0.1, 0.15) is 5.69 Å². The Morgan fingerprint density at radius 2 is 1.30 bits per heavy atom. The zero-order valence-corrected chi connectivity index (χ0v) is 32.9. The molecule has 1 aliphatic rings. The average molecular weight is 795 g/mol. The number of benzene rings is 6. The summed E-state index contributed by atoms with van der Waals surface area (Å²) in [4.78, 5) is 5.21. The number of hydrogen-bond acceptors (Lipinski definition) is 8. The number of hydrogen-bond donors (Lipinski definition) is 2. The van der Waals surface area contributed by atoms with Crippen molar-refractivity contribution in [2.45, 2.75) is 48.7 Å². The van der Waals surface area contributed by atoms with Crippen LogP contribution < -0.4 is 4.72 Å². The molecule has 4 unspecified atom stereocenters. The molecule has 8 nitrogen and oxygen atoms in total. The van der Waals surface area contributed by atoms with E-state index >= 15 is 0 Å². The van der Waals surface area contributed by atoms with Crippen molar-refractivity contribution in [3.63, 3.8) is 0 Å². The Balaban J connectivity index is 1.05. The molecule has 6 aromatic carbocycles. The van der Waals surface area contributed by atoms with Gasteiger partial charge in [-0.3, -0.25) is 0 Å². The van der Waals surface area contributed by atoms with E-state index in [4.69, 9.17) is 18.9 Å². The van der Waals surface area contributed by atoms with Crippen molar-refractivity contribution in [2.24, 2.45) is 5.92 Å². The van der Waals surface area contributed by atoms with Gasteiger partial charge < -0.3 is 19.0 Å². The molecule has 7 aromatic rings. The second kappa shape index (κ2) is 17.4. The fraction of sp³-hybridized carbons (Fsp3) is 0.170. The molecule has 8 rings (SSSR count). The minimum atomic E-state index is -3.66. The van der Waals surface area contributed by atoms with Crippen molar-refractivity contribution in [3.05, 3.63) is 186 Å². The van der Waals surface area contributed by atoms with Crippen LogP contribution in [0, 0.1) is 5.92 Å². The van der Waals surface area contributed by atoms with E-state index in [-0.39, 0.29) is 36.2 Å². The molecule has 0 aliphatic carbocycles. The predicted molar refractivity (Wildman–Crippen MR) is 223 cm³/mol. The molecule has 0 spiro atoms. The van der Waals surface area contributed by atoms with Crippen molar-refractivity contribution in [2.75, 3.05) is 5.75 Å². The van der Waals surface area contributed by atoms with Gasteiger partial charge in [-0.2, -0.15) is 0 Å². The smallest absolute Gasteiger partial charge is 0.256 e. The largest absolute Gasteiger partial charge is 0.431 e. The van der Waals surface area contributed by atoms with Crippen molar-refractivity contribution in [1.82, 2.24) is 9.71 Å². The summed E-state index contributed by atoms with van der Waals surface area (Å²) in [5.74, 6) is 1.25. The molecule has 0 amide bonds. The van der Waals surface area contributed by atoms with Crippen LogP contribution in [0.25, 0.3) is 33.7 Å². The zero-order valence-electron chi connectivity index (χ0n) is 31.3. The Bertz CT molecular complexity index is 2460. The lowest BCUT2D eigenvalue weighted by Gasteiger charge is -2.41. The van der Waals surface area contributed by atoms with Crippen LogP contribution in [0.4, 0.5) is 0 Å². The van der Waals surface area contributed by atoms with Crippen LogP contribution in [0.1, 0.15) is 41.6 Å². The average Bonchev–Trinajstić information content (AvgIpc) is 3.71. The lowest BCUT2D eigenvalue weighted by molar-refractivity contribution is -0.268. The summed E-state index contributed by atoms with van der Waals surface area (Å²) in [6.45, 7) is 2.25. The van der Waals surface area contributed by atoms with Crippen molar-refractivity contribution in [1.29, 1.82) is 0 Å². The Kier molecular flexibility index (Phi) is 11.8. The van der Waals surface area contributed by atoms with Crippen LogP contribution in [0.2, 0.25) is 0 Å². The van der Waals surface area contributed by atoms with E-state index in [9.17, 15) is 13.5 Å². The maximum Gasteiger partial charge on any atom is 0.256 e. The summed E-state index contributed by atoms with van der Waals surface area (Å²) in [7, 11) is -3.66. The number of aliphatic hydroxyl groups is 1. The molecule has 1 saturated heterocycles. The van der Waals surface area contributed by atoms with Gasteiger partial charge in [-0.05, 0) is 52.1 Å². The number of nitrogens with one attached hydrogen (secondary N) is 1. The normalized spacial score (nSPS) is 18.4. The molecule has 0 radical (unpaired) electrons. The molecule has 1 fully saturated rings. The summed E-state index contributed by atoms with van der Waals surface area (Å²) in [6.07, 6.45) is -1.22. The van der Waals surface area contributed by atoms with E-state index < -0.39 is 16.3 Å². The van der Waals surface area contributed by atoms with Gasteiger partial charge >= 0.3 is 0 Å². The molecule has 0 bridgehead atoms. The highest BCUT2D eigenvalue weighted by Crippen LogP contribution is 2.44. The highest BCUT2D eigenvalue weighted by molar-refractivity contribution is 7.99. The van der Waals surface area contributed by atoms with Crippen LogP contribution in [0.15, 0.2) is 178 Å². The van der Waals surface area contributed by atoms with Crippen molar-refractivity contribution >= 4 is 21.8 Å². The highest BCUT2D eigenvalue weighted by atomic mass is 32.2. The Morgan fingerprint density at radius 3 is 2.00 bits per heavy atom. The number of nitrogens with zero attached hydrogens (tertiary/aromatic N) is 1. The van der Waals surface area contributed by atoms with Crippen molar-refractivity contribution < 1.29 is 27.4 Å². The summed E-state index contributed by atoms with van der Waals surface area (Å²) in [5, 5.41) is 10.3. The third kappa shape index (κ3) is 8.97. The summed E-state index contributed by atoms with van der Waals surface area (Å²) in [6, 6.07) is 52.2. The number of thioether (sulfide) groups is 1. The molecule has 0 saturated carbocycles. The first kappa shape index (κ1) is 38.5. The number of aliphatic hydroxyl groups excluding tert-OH is 1. The van der Waals surface area contributed by atoms with Crippen LogP contribution in [-0.4, -0.2) is 30.4 Å². The van der Waals surface area contributed by atoms with Gasteiger partial charge in [-0.15, -0.1) is 0 Å². The molecule has 10 heteroatoms. The van der Waals surface area contributed by atoms with Gasteiger partial charge in [0.2, 0.25) is 10.0 Å². The van der Waals surface area contributed by atoms with Gasteiger partial charge in [0, 0.05) is 34.9 Å². The minimum Gasteiger partial charge on any atom is -0.431 e. The van der Waals surface area contributed by atoms with E-state index in [1.807, 2.05) is 127 Å². The van der Waals surface area contributed by atoms with Gasteiger partial charge in [0.15, 0.2) is 12.1 Å². The molecule has 2 heterocycles. The first-order valence-electron chi connectivity index (χ1n) is 18.8. The standard InChI is InChI=1S/C47H42N2O6S2/c1-32-42(31-56-47-49-43(35-14-5-2-6-15-35)45(55-47)36-16-7-3-8-17-36)53-46(54-44(32)37-25-23-33(30-50)24-26-37)40-20-12-19-39(28-40)38-18-11-13-34(27-38)29-48-57(51,52)41-21-9-4-10-22-41/h2-28,32,42,44,46,48,50H,29-31H2,1H3. The van der Waals surface area contributed by atoms with Gasteiger partial charge in [0.25, 0.3) is 5.22 Å². The number of rotatable bonds is 13. The maximum atomic E-state index is 12.9. The number of sulfonamides is 1. The third-order valence-electron chi connectivity index (χ3n) is 10.1. The summed E-state index contributed by atoms with van der Waals surface area (Å²) < 4.78 is 48.6. The van der Waals surface area contributed by atoms with Crippen LogP contribution >= 0.6 is 11.8 Å². The first-order chi connectivity index (χ1) is 27.8. The monoisotopic (exact) mass is 794 g/mol. The third-order valence-corrected chi connectivity index (χ3v) is 12.5. The number of oxazole rings is 1. The number of ether oxygens (including phenoxy) is 2.